The van der Waals surface area contributed by atoms with E-state index in [4.69, 9.17) is 4.42 Å². The van der Waals surface area contributed by atoms with Crippen LogP contribution in [0, 0.1) is 6.92 Å². The van der Waals surface area contributed by atoms with Gasteiger partial charge in [0, 0.05) is 38.2 Å². The second-order valence-corrected chi connectivity index (χ2v) is 4.92. The smallest absolute Gasteiger partial charge is 0.255 e. The Morgan fingerprint density at radius 2 is 2.28 bits per heavy atom. The molecule has 0 radical (unpaired) electrons. The second kappa shape index (κ2) is 5.54. The van der Waals surface area contributed by atoms with Gasteiger partial charge in [-0.3, -0.25) is 4.79 Å². The quantitative estimate of drug-likeness (QED) is 0.819. The molecule has 18 heavy (non-hydrogen) atoms. The molecule has 2 rings (SSSR count). The van der Waals surface area contributed by atoms with Gasteiger partial charge in [0.25, 0.3) is 5.91 Å². The zero-order valence-corrected chi connectivity index (χ0v) is 11.3. The molecule has 0 spiro atoms. The number of fused-ring (bicyclic) bond motifs is 1. The van der Waals surface area contributed by atoms with Crippen LogP contribution in [0.2, 0.25) is 0 Å². The van der Waals surface area contributed by atoms with Gasteiger partial charge in [-0.25, -0.2) is 0 Å². The molecule has 0 saturated carbocycles. The SMILES string of the molecule is Cc1oc2c(c1C(=O)NCCN(C)C)CNCC2. The Labute approximate surface area is 108 Å². The fourth-order valence-corrected chi connectivity index (χ4v) is 2.23. The summed E-state index contributed by atoms with van der Waals surface area (Å²) >= 11 is 0. The lowest BCUT2D eigenvalue weighted by atomic mass is 10.0. The van der Waals surface area contributed by atoms with Crippen molar-refractivity contribution in [3.8, 4) is 0 Å². The average molecular weight is 251 g/mol. The molecule has 0 aliphatic carbocycles. The van der Waals surface area contributed by atoms with E-state index in [1.165, 1.54) is 0 Å². The molecule has 5 nitrogen and oxygen atoms in total. The molecule has 0 unspecified atom stereocenters. The number of nitrogens with zero attached hydrogens (tertiary/aromatic N) is 1. The van der Waals surface area contributed by atoms with Crippen LogP contribution >= 0.6 is 0 Å². The average Bonchev–Trinajstić information content (AvgIpc) is 2.64. The highest BCUT2D eigenvalue weighted by atomic mass is 16.3. The van der Waals surface area contributed by atoms with E-state index in [0.717, 1.165) is 48.7 Å². The van der Waals surface area contributed by atoms with E-state index < -0.39 is 0 Å². The number of amides is 1. The predicted molar refractivity (Wildman–Crippen MR) is 69.7 cm³/mol. The summed E-state index contributed by atoms with van der Waals surface area (Å²) in [4.78, 5) is 14.2. The van der Waals surface area contributed by atoms with E-state index in [1.807, 2.05) is 25.9 Å². The van der Waals surface area contributed by atoms with E-state index in [9.17, 15) is 4.79 Å². The largest absolute Gasteiger partial charge is 0.465 e. The van der Waals surface area contributed by atoms with E-state index in [2.05, 4.69) is 10.6 Å². The van der Waals surface area contributed by atoms with Gasteiger partial charge < -0.3 is 20.0 Å². The number of furan rings is 1. The number of carbonyl (C=O) groups excluding carboxylic acids is 1. The molecule has 5 heteroatoms. The van der Waals surface area contributed by atoms with Crippen LogP contribution in [0.4, 0.5) is 0 Å². The zero-order valence-electron chi connectivity index (χ0n) is 11.3. The Morgan fingerprint density at radius 1 is 1.50 bits per heavy atom. The number of aryl methyl sites for hydroxylation is 1. The third-order valence-corrected chi connectivity index (χ3v) is 3.17. The van der Waals surface area contributed by atoms with Crippen molar-refractivity contribution in [1.29, 1.82) is 0 Å². The second-order valence-electron chi connectivity index (χ2n) is 4.92. The van der Waals surface area contributed by atoms with Gasteiger partial charge in [-0.1, -0.05) is 0 Å². The maximum Gasteiger partial charge on any atom is 0.255 e. The number of likely N-dealkylation sites (N-methyl/N-ethyl adjacent to an activating group) is 1. The predicted octanol–water partition coefficient (Wildman–Crippen LogP) is 0.525. The summed E-state index contributed by atoms with van der Waals surface area (Å²) in [6, 6.07) is 0. The van der Waals surface area contributed by atoms with Crippen molar-refractivity contribution in [2.45, 2.75) is 19.9 Å². The van der Waals surface area contributed by atoms with Crippen molar-refractivity contribution in [2.75, 3.05) is 33.7 Å². The molecule has 1 aromatic heterocycles. The summed E-state index contributed by atoms with van der Waals surface area (Å²) in [5.74, 6) is 1.66. The van der Waals surface area contributed by atoms with Crippen molar-refractivity contribution in [3.63, 3.8) is 0 Å². The molecule has 0 saturated heterocycles. The molecule has 0 aromatic carbocycles. The lowest BCUT2D eigenvalue weighted by Gasteiger charge is -2.13. The Morgan fingerprint density at radius 3 is 3.00 bits per heavy atom. The van der Waals surface area contributed by atoms with Crippen molar-refractivity contribution in [1.82, 2.24) is 15.5 Å². The van der Waals surface area contributed by atoms with Crippen LogP contribution in [0.25, 0.3) is 0 Å². The van der Waals surface area contributed by atoms with Crippen LogP contribution in [0.5, 0.6) is 0 Å². The molecule has 100 valence electrons. The van der Waals surface area contributed by atoms with Crippen LogP contribution < -0.4 is 10.6 Å². The number of hydrogen-bond acceptors (Lipinski definition) is 4. The Bertz CT molecular complexity index is 438. The third kappa shape index (κ3) is 2.73. The molecule has 1 aromatic rings. The minimum atomic E-state index is -0.0250. The first-order valence-electron chi connectivity index (χ1n) is 6.34. The van der Waals surface area contributed by atoms with Gasteiger partial charge in [-0.05, 0) is 21.0 Å². The summed E-state index contributed by atoms with van der Waals surface area (Å²) in [5, 5.41) is 6.21. The molecular weight excluding hydrogens is 230 g/mol. The first-order chi connectivity index (χ1) is 8.59. The number of carbonyl (C=O) groups is 1. The number of nitrogens with one attached hydrogen (secondary N) is 2. The van der Waals surface area contributed by atoms with Gasteiger partial charge >= 0.3 is 0 Å². The van der Waals surface area contributed by atoms with Gasteiger partial charge in [-0.2, -0.15) is 0 Å². The molecule has 0 bridgehead atoms. The number of rotatable bonds is 4. The maximum absolute atomic E-state index is 12.2. The monoisotopic (exact) mass is 251 g/mol. The molecule has 0 atom stereocenters. The van der Waals surface area contributed by atoms with E-state index in [-0.39, 0.29) is 5.91 Å². The molecule has 1 amide bonds. The summed E-state index contributed by atoms with van der Waals surface area (Å²) in [7, 11) is 3.97. The van der Waals surface area contributed by atoms with Crippen molar-refractivity contribution >= 4 is 5.91 Å². The fraction of sp³-hybridized carbons (Fsp3) is 0.615. The van der Waals surface area contributed by atoms with E-state index in [1.54, 1.807) is 0 Å². The molecule has 1 aliphatic heterocycles. The Balaban J connectivity index is 2.08. The van der Waals surface area contributed by atoms with Crippen molar-refractivity contribution in [3.05, 3.63) is 22.6 Å². The van der Waals surface area contributed by atoms with Gasteiger partial charge in [-0.15, -0.1) is 0 Å². The topological polar surface area (TPSA) is 57.5 Å². The first-order valence-corrected chi connectivity index (χ1v) is 6.34. The molecule has 2 heterocycles. The highest BCUT2D eigenvalue weighted by Gasteiger charge is 2.24. The lowest BCUT2D eigenvalue weighted by Crippen LogP contribution is -2.33. The van der Waals surface area contributed by atoms with Crippen LogP contribution in [0.3, 0.4) is 0 Å². The van der Waals surface area contributed by atoms with Crippen LogP contribution in [-0.2, 0) is 13.0 Å². The van der Waals surface area contributed by atoms with Gasteiger partial charge in [0.05, 0.1) is 5.56 Å². The van der Waals surface area contributed by atoms with E-state index >= 15 is 0 Å². The first kappa shape index (κ1) is 13.1. The van der Waals surface area contributed by atoms with E-state index in [0.29, 0.717) is 6.54 Å². The standard InChI is InChI=1S/C13H21N3O2/c1-9-12(13(17)15-6-7-16(2)3)10-8-14-5-4-11(10)18-9/h14H,4-8H2,1-3H3,(H,15,17). The zero-order chi connectivity index (χ0) is 13.1. The summed E-state index contributed by atoms with van der Waals surface area (Å²) in [6.07, 6.45) is 0.862. The molecule has 1 aliphatic rings. The minimum absolute atomic E-state index is 0.0250. The number of hydrogen-bond donors (Lipinski definition) is 2. The molecule has 0 fully saturated rings. The fourth-order valence-electron chi connectivity index (χ4n) is 2.23. The third-order valence-electron chi connectivity index (χ3n) is 3.17. The Hall–Kier alpha value is -1.33. The lowest BCUT2D eigenvalue weighted by molar-refractivity contribution is 0.0948. The van der Waals surface area contributed by atoms with Gasteiger partial charge in [0.2, 0.25) is 0 Å². The van der Waals surface area contributed by atoms with Crippen molar-refractivity contribution in [2.24, 2.45) is 0 Å². The van der Waals surface area contributed by atoms with Gasteiger partial charge in [0.1, 0.15) is 11.5 Å². The van der Waals surface area contributed by atoms with Crippen LogP contribution in [-0.4, -0.2) is 44.5 Å². The highest BCUT2D eigenvalue weighted by molar-refractivity contribution is 5.97. The Kier molecular flexibility index (Phi) is 4.04. The summed E-state index contributed by atoms with van der Waals surface area (Å²) in [5.41, 5.74) is 1.75. The van der Waals surface area contributed by atoms with Gasteiger partial charge in [0.15, 0.2) is 0 Å². The summed E-state index contributed by atoms with van der Waals surface area (Å²) < 4.78 is 5.67. The van der Waals surface area contributed by atoms with Crippen molar-refractivity contribution < 1.29 is 9.21 Å². The normalized spacial score (nSPS) is 14.7. The van der Waals surface area contributed by atoms with Crippen LogP contribution in [0.1, 0.15) is 27.4 Å². The molecular formula is C13H21N3O2. The minimum Gasteiger partial charge on any atom is -0.465 e. The maximum atomic E-state index is 12.2. The van der Waals surface area contributed by atoms with Crippen LogP contribution in [0.15, 0.2) is 4.42 Å². The molecule has 2 N–H and O–H groups in total. The summed E-state index contributed by atoms with van der Waals surface area (Å²) in [6.45, 7) is 4.99. The highest BCUT2D eigenvalue weighted by Crippen LogP contribution is 2.24.